The number of hydrogen-bond donors (Lipinski definition) is 1. The second kappa shape index (κ2) is 4.57. The number of aromatic nitrogens is 1. The molecule has 1 aromatic heterocycles. The van der Waals surface area contributed by atoms with E-state index >= 15 is 0 Å². The summed E-state index contributed by atoms with van der Waals surface area (Å²) in [4.78, 5) is 6.54. The monoisotopic (exact) mass is 223 g/mol. The summed E-state index contributed by atoms with van der Waals surface area (Å²) in [7, 11) is 3.32. The molecule has 1 aliphatic heterocycles. The lowest BCUT2D eigenvalue weighted by Gasteiger charge is -2.18. The molecule has 1 fully saturated rings. The summed E-state index contributed by atoms with van der Waals surface area (Å²) in [6.07, 6.45) is 1.33. The molecule has 0 bridgehead atoms. The smallest absolute Gasteiger partial charge is 0.238 e. The molecule has 1 unspecified atom stereocenters. The van der Waals surface area contributed by atoms with Gasteiger partial charge >= 0.3 is 0 Å². The topological polar surface area (TPSA) is 60.6 Å². The molecule has 0 radical (unpaired) electrons. The van der Waals surface area contributed by atoms with E-state index in [9.17, 15) is 0 Å². The molecule has 0 saturated carbocycles. The van der Waals surface area contributed by atoms with Gasteiger partial charge in [0.1, 0.15) is 5.82 Å². The van der Waals surface area contributed by atoms with E-state index < -0.39 is 0 Å². The zero-order chi connectivity index (χ0) is 11.5. The first-order valence-electron chi connectivity index (χ1n) is 5.33. The van der Waals surface area contributed by atoms with Gasteiger partial charge in [-0.25, -0.2) is 0 Å². The number of nitrogens with two attached hydrogens (primary N) is 1. The zero-order valence-corrected chi connectivity index (χ0v) is 9.64. The maximum absolute atomic E-state index is 5.72. The van der Waals surface area contributed by atoms with Gasteiger partial charge in [-0.15, -0.1) is 0 Å². The molecule has 88 valence electrons. The minimum Gasteiger partial charge on any atom is -0.479 e. The SMILES string of the molecule is COc1nc(N2CCC(OC)C2)ccc1N. The van der Waals surface area contributed by atoms with Crippen LogP contribution >= 0.6 is 0 Å². The molecular weight excluding hydrogens is 206 g/mol. The van der Waals surface area contributed by atoms with Crippen LogP contribution in [0, 0.1) is 0 Å². The van der Waals surface area contributed by atoms with Crippen LogP contribution in [0.15, 0.2) is 12.1 Å². The normalized spacial score (nSPS) is 20.1. The highest BCUT2D eigenvalue weighted by Gasteiger charge is 2.23. The number of nitrogens with zero attached hydrogens (tertiary/aromatic N) is 2. The van der Waals surface area contributed by atoms with Crippen LogP contribution in [-0.4, -0.2) is 38.4 Å². The van der Waals surface area contributed by atoms with Crippen LogP contribution in [0.25, 0.3) is 0 Å². The van der Waals surface area contributed by atoms with Crippen LogP contribution in [-0.2, 0) is 4.74 Å². The number of hydrogen-bond acceptors (Lipinski definition) is 5. The highest BCUT2D eigenvalue weighted by molar-refractivity contribution is 5.54. The van der Waals surface area contributed by atoms with Crippen LogP contribution in [0.4, 0.5) is 11.5 Å². The van der Waals surface area contributed by atoms with Crippen LogP contribution in [0.2, 0.25) is 0 Å². The predicted molar refractivity (Wildman–Crippen MR) is 62.8 cm³/mol. The largest absolute Gasteiger partial charge is 0.479 e. The van der Waals surface area contributed by atoms with Crippen molar-refractivity contribution in [1.82, 2.24) is 4.98 Å². The first kappa shape index (κ1) is 11.0. The molecule has 0 spiro atoms. The van der Waals surface area contributed by atoms with Crippen molar-refractivity contribution in [2.75, 3.05) is 37.9 Å². The van der Waals surface area contributed by atoms with Crippen LogP contribution in [0.1, 0.15) is 6.42 Å². The van der Waals surface area contributed by atoms with Gasteiger partial charge in [0.15, 0.2) is 0 Å². The number of nitrogen functional groups attached to an aromatic ring is 1. The van der Waals surface area contributed by atoms with E-state index in [1.165, 1.54) is 0 Å². The van der Waals surface area contributed by atoms with Gasteiger partial charge in [-0.1, -0.05) is 0 Å². The highest BCUT2D eigenvalue weighted by atomic mass is 16.5. The van der Waals surface area contributed by atoms with Gasteiger partial charge in [0, 0.05) is 20.2 Å². The van der Waals surface area contributed by atoms with Crippen LogP contribution < -0.4 is 15.4 Å². The minimum atomic E-state index is 0.297. The first-order valence-corrected chi connectivity index (χ1v) is 5.33. The summed E-state index contributed by atoms with van der Waals surface area (Å²) in [6.45, 7) is 1.83. The third-order valence-corrected chi connectivity index (χ3v) is 2.87. The molecule has 5 heteroatoms. The summed E-state index contributed by atoms with van der Waals surface area (Å²) < 4.78 is 10.4. The van der Waals surface area contributed by atoms with Crippen molar-refractivity contribution in [1.29, 1.82) is 0 Å². The Balaban J connectivity index is 2.15. The van der Waals surface area contributed by atoms with Gasteiger partial charge in [-0.05, 0) is 18.6 Å². The lowest BCUT2D eigenvalue weighted by molar-refractivity contribution is 0.121. The average molecular weight is 223 g/mol. The molecule has 1 atom stereocenters. The first-order chi connectivity index (χ1) is 7.74. The summed E-state index contributed by atoms with van der Waals surface area (Å²) >= 11 is 0. The Morgan fingerprint density at radius 3 is 2.88 bits per heavy atom. The Morgan fingerprint density at radius 2 is 2.25 bits per heavy atom. The molecular formula is C11H17N3O2. The second-order valence-corrected chi connectivity index (χ2v) is 3.86. The zero-order valence-electron chi connectivity index (χ0n) is 9.64. The van der Waals surface area contributed by atoms with Crippen molar-refractivity contribution in [2.45, 2.75) is 12.5 Å². The lowest BCUT2D eigenvalue weighted by atomic mass is 10.3. The Labute approximate surface area is 95.2 Å². The van der Waals surface area contributed by atoms with Gasteiger partial charge in [-0.3, -0.25) is 0 Å². The summed E-state index contributed by atoms with van der Waals surface area (Å²) in [6, 6.07) is 3.73. The molecule has 16 heavy (non-hydrogen) atoms. The highest BCUT2D eigenvalue weighted by Crippen LogP contribution is 2.25. The van der Waals surface area contributed by atoms with E-state index in [0.717, 1.165) is 25.3 Å². The summed E-state index contributed by atoms with van der Waals surface area (Å²) in [5.74, 6) is 1.38. The van der Waals surface area contributed by atoms with Crippen molar-refractivity contribution >= 4 is 11.5 Å². The van der Waals surface area contributed by atoms with Gasteiger partial charge in [0.2, 0.25) is 5.88 Å². The molecule has 1 aromatic rings. The Hall–Kier alpha value is -1.49. The van der Waals surface area contributed by atoms with Crippen molar-refractivity contribution in [3.05, 3.63) is 12.1 Å². The maximum atomic E-state index is 5.72. The van der Waals surface area contributed by atoms with Gasteiger partial charge < -0.3 is 20.1 Å². The van der Waals surface area contributed by atoms with Gasteiger partial charge in [-0.2, -0.15) is 4.98 Å². The van der Waals surface area contributed by atoms with Crippen molar-refractivity contribution < 1.29 is 9.47 Å². The molecule has 2 N–H and O–H groups in total. The molecule has 0 aromatic carbocycles. The fourth-order valence-corrected chi connectivity index (χ4v) is 1.91. The van der Waals surface area contributed by atoms with Gasteiger partial charge in [0.25, 0.3) is 0 Å². The standard InChI is InChI=1S/C11H17N3O2/c1-15-8-5-6-14(7-8)10-4-3-9(12)11(13-10)16-2/h3-4,8H,5-7,12H2,1-2H3. The van der Waals surface area contributed by atoms with Crippen LogP contribution in [0.3, 0.4) is 0 Å². The Kier molecular flexibility index (Phi) is 3.14. The van der Waals surface area contributed by atoms with E-state index in [2.05, 4.69) is 9.88 Å². The molecule has 5 nitrogen and oxygen atoms in total. The fourth-order valence-electron chi connectivity index (χ4n) is 1.91. The number of ether oxygens (including phenoxy) is 2. The molecule has 0 aliphatic carbocycles. The van der Waals surface area contributed by atoms with E-state index in [1.807, 2.05) is 12.1 Å². The number of pyridine rings is 1. The third-order valence-electron chi connectivity index (χ3n) is 2.87. The van der Waals surface area contributed by atoms with Crippen molar-refractivity contribution in [2.24, 2.45) is 0 Å². The molecule has 2 heterocycles. The van der Waals surface area contributed by atoms with E-state index in [0.29, 0.717) is 17.7 Å². The summed E-state index contributed by atoms with van der Waals surface area (Å²) in [5.41, 5.74) is 6.29. The molecule has 2 rings (SSSR count). The van der Waals surface area contributed by atoms with Crippen molar-refractivity contribution in [3.8, 4) is 5.88 Å². The average Bonchev–Trinajstić information content (AvgIpc) is 2.78. The number of anilines is 2. The van der Waals surface area contributed by atoms with E-state index in [4.69, 9.17) is 15.2 Å². The molecule has 1 saturated heterocycles. The van der Waals surface area contributed by atoms with Crippen molar-refractivity contribution in [3.63, 3.8) is 0 Å². The fraction of sp³-hybridized carbons (Fsp3) is 0.545. The predicted octanol–water partition coefficient (Wildman–Crippen LogP) is 0.897. The second-order valence-electron chi connectivity index (χ2n) is 3.86. The lowest BCUT2D eigenvalue weighted by Crippen LogP contribution is -2.23. The maximum Gasteiger partial charge on any atom is 0.238 e. The number of rotatable bonds is 3. The summed E-state index contributed by atoms with van der Waals surface area (Å²) in [5, 5.41) is 0. The Morgan fingerprint density at radius 1 is 1.44 bits per heavy atom. The number of methoxy groups -OCH3 is 2. The van der Waals surface area contributed by atoms with Crippen LogP contribution in [0.5, 0.6) is 5.88 Å². The molecule has 1 aliphatic rings. The van der Waals surface area contributed by atoms with E-state index in [1.54, 1.807) is 14.2 Å². The van der Waals surface area contributed by atoms with Gasteiger partial charge in [0.05, 0.1) is 18.9 Å². The molecule has 0 amide bonds. The minimum absolute atomic E-state index is 0.297. The Bertz CT molecular complexity index is 370. The van der Waals surface area contributed by atoms with E-state index in [-0.39, 0.29) is 0 Å². The quantitative estimate of drug-likeness (QED) is 0.825. The third kappa shape index (κ3) is 2.04.